The molecule has 1 unspecified atom stereocenters. The van der Waals surface area contributed by atoms with Crippen LogP contribution in [0.2, 0.25) is 0 Å². The van der Waals surface area contributed by atoms with E-state index in [9.17, 15) is 9.90 Å². The first kappa shape index (κ1) is 12.9. The van der Waals surface area contributed by atoms with Crippen LogP contribution in [0, 0.1) is 0 Å². The highest BCUT2D eigenvalue weighted by molar-refractivity contribution is 6.03. The van der Waals surface area contributed by atoms with E-state index in [0.717, 1.165) is 23.7 Å². The van der Waals surface area contributed by atoms with Crippen molar-refractivity contribution in [2.45, 2.75) is 43.8 Å². The Balaban J connectivity index is 1.79. The van der Waals surface area contributed by atoms with Gasteiger partial charge in [-0.15, -0.1) is 0 Å². The van der Waals surface area contributed by atoms with Gasteiger partial charge in [-0.2, -0.15) is 0 Å². The maximum atomic E-state index is 11.5. The van der Waals surface area contributed by atoms with E-state index in [2.05, 4.69) is 16.5 Å². The third-order valence-corrected chi connectivity index (χ3v) is 5.44. The molecule has 4 heteroatoms. The predicted octanol–water partition coefficient (Wildman–Crippen LogP) is 3.14. The number of carboxylic acid groups (broad SMARTS) is 1. The smallest absolute Gasteiger partial charge is 0.337 e. The van der Waals surface area contributed by atoms with Gasteiger partial charge in [-0.25, -0.2) is 4.79 Å². The van der Waals surface area contributed by atoms with Gasteiger partial charge in [0.2, 0.25) is 0 Å². The minimum absolute atomic E-state index is 0.428. The molecule has 2 fully saturated rings. The molecule has 0 saturated carbocycles. The van der Waals surface area contributed by atoms with Gasteiger partial charge in [0.25, 0.3) is 0 Å². The van der Waals surface area contributed by atoms with Crippen LogP contribution < -0.4 is 0 Å². The Kier molecular flexibility index (Phi) is 2.82. The van der Waals surface area contributed by atoms with Gasteiger partial charge >= 0.3 is 5.97 Å². The second-order valence-electron chi connectivity index (χ2n) is 6.45. The molecule has 4 nitrogen and oxygen atoms in total. The number of aromatic carboxylic acids is 1. The molecule has 1 N–H and O–H groups in total. The molecular weight excluding hydrogens is 264 g/mol. The number of nitrogens with zero attached hydrogens (tertiary/aromatic N) is 2. The molecule has 3 atom stereocenters. The molecule has 0 radical (unpaired) electrons. The Morgan fingerprint density at radius 1 is 1.14 bits per heavy atom. The van der Waals surface area contributed by atoms with Crippen LogP contribution in [0.5, 0.6) is 0 Å². The Morgan fingerprint density at radius 3 is 2.48 bits per heavy atom. The van der Waals surface area contributed by atoms with Crippen LogP contribution in [0.1, 0.15) is 42.1 Å². The lowest BCUT2D eigenvalue weighted by atomic mass is 9.97. The van der Waals surface area contributed by atoms with E-state index in [1.165, 1.54) is 12.8 Å². The first-order chi connectivity index (χ1) is 10.1. The van der Waals surface area contributed by atoms with Crippen LogP contribution in [0.3, 0.4) is 0 Å². The third-order valence-electron chi connectivity index (χ3n) is 5.44. The Labute approximate surface area is 124 Å². The van der Waals surface area contributed by atoms with Gasteiger partial charge in [-0.1, -0.05) is 18.2 Å². The minimum Gasteiger partial charge on any atom is -0.478 e. The lowest BCUT2D eigenvalue weighted by Crippen LogP contribution is -2.40. The zero-order valence-corrected chi connectivity index (χ0v) is 12.2. The first-order valence-corrected chi connectivity index (χ1v) is 7.70. The summed E-state index contributed by atoms with van der Waals surface area (Å²) in [5, 5.41) is 10.3. The summed E-state index contributed by atoms with van der Waals surface area (Å²) in [4.78, 5) is 14.0. The van der Waals surface area contributed by atoms with E-state index in [-0.39, 0.29) is 0 Å². The average molecular weight is 284 g/mol. The highest BCUT2D eigenvalue weighted by Gasteiger charge is 2.39. The molecule has 0 spiro atoms. The van der Waals surface area contributed by atoms with Gasteiger partial charge < -0.3 is 14.6 Å². The summed E-state index contributed by atoms with van der Waals surface area (Å²) in [6.45, 7) is 0. The SMILES string of the molecule is CN1[C@@H]2CC[C@H]1CC(n1cc(C(=O)O)c3ccccc31)C2. The number of para-hydroxylation sites is 1. The number of hydrogen-bond acceptors (Lipinski definition) is 2. The van der Waals surface area contributed by atoms with E-state index in [0.29, 0.717) is 23.7 Å². The molecule has 4 rings (SSSR count). The molecule has 2 aromatic rings. The number of piperidine rings is 1. The predicted molar refractivity (Wildman–Crippen MR) is 81.7 cm³/mol. The summed E-state index contributed by atoms with van der Waals surface area (Å²) in [6.07, 6.45) is 6.67. The molecule has 21 heavy (non-hydrogen) atoms. The number of hydrogen-bond donors (Lipinski definition) is 1. The molecule has 0 amide bonds. The van der Waals surface area contributed by atoms with Crippen molar-refractivity contribution in [2.75, 3.05) is 7.05 Å². The van der Waals surface area contributed by atoms with E-state index < -0.39 is 5.97 Å². The van der Waals surface area contributed by atoms with Crippen LogP contribution in [-0.2, 0) is 0 Å². The van der Waals surface area contributed by atoms with E-state index in [1.807, 2.05) is 30.5 Å². The van der Waals surface area contributed by atoms with Crippen molar-refractivity contribution < 1.29 is 9.90 Å². The largest absolute Gasteiger partial charge is 0.478 e. The molecule has 2 aliphatic rings. The maximum absolute atomic E-state index is 11.5. The van der Waals surface area contributed by atoms with Gasteiger partial charge in [0, 0.05) is 35.2 Å². The van der Waals surface area contributed by atoms with Gasteiger partial charge in [0.15, 0.2) is 0 Å². The van der Waals surface area contributed by atoms with E-state index in [1.54, 1.807) is 0 Å². The van der Waals surface area contributed by atoms with Crippen LogP contribution in [0.15, 0.2) is 30.5 Å². The molecule has 2 aliphatic heterocycles. The summed E-state index contributed by atoms with van der Waals surface area (Å²) in [5.74, 6) is -0.833. The van der Waals surface area contributed by atoms with Crippen LogP contribution >= 0.6 is 0 Å². The average Bonchev–Trinajstić information content (AvgIpc) is 2.93. The molecule has 3 heterocycles. The fourth-order valence-corrected chi connectivity index (χ4v) is 4.29. The molecule has 1 aromatic carbocycles. The molecule has 2 bridgehead atoms. The summed E-state index contributed by atoms with van der Waals surface area (Å²) in [7, 11) is 2.23. The van der Waals surface area contributed by atoms with Gasteiger partial charge in [-0.05, 0) is 38.8 Å². The fraction of sp³-hybridized carbons (Fsp3) is 0.471. The number of fused-ring (bicyclic) bond motifs is 3. The van der Waals surface area contributed by atoms with E-state index in [4.69, 9.17) is 0 Å². The molecule has 110 valence electrons. The Hall–Kier alpha value is -1.81. The van der Waals surface area contributed by atoms with Gasteiger partial charge in [0.1, 0.15) is 0 Å². The molecule has 2 saturated heterocycles. The maximum Gasteiger partial charge on any atom is 0.337 e. The summed E-state index contributed by atoms with van der Waals surface area (Å²) < 4.78 is 2.22. The minimum atomic E-state index is -0.833. The third kappa shape index (κ3) is 1.89. The van der Waals surface area contributed by atoms with Crippen LogP contribution in [-0.4, -0.2) is 39.7 Å². The second kappa shape index (κ2) is 4.60. The van der Waals surface area contributed by atoms with Crippen molar-refractivity contribution in [3.63, 3.8) is 0 Å². The topological polar surface area (TPSA) is 45.5 Å². The highest BCUT2D eigenvalue weighted by atomic mass is 16.4. The van der Waals surface area contributed by atoms with Crippen molar-refractivity contribution in [1.82, 2.24) is 9.47 Å². The number of carbonyl (C=O) groups is 1. The van der Waals surface area contributed by atoms with Crippen molar-refractivity contribution in [2.24, 2.45) is 0 Å². The van der Waals surface area contributed by atoms with Crippen molar-refractivity contribution in [3.05, 3.63) is 36.0 Å². The van der Waals surface area contributed by atoms with Crippen molar-refractivity contribution in [3.8, 4) is 0 Å². The van der Waals surface area contributed by atoms with Crippen molar-refractivity contribution in [1.29, 1.82) is 0 Å². The number of carboxylic acids is 1. The fourth-order valence-electron chi connectivity index (χ4n) is 4.29. The number of rotatable bonds is 2. The molecular formula is C17H20N2O2. The zero-order chi connectivity index (χ0) is 14.6. The number of aromatic nitrogens is 1. The van der Waals surface area contributed by atoms with Crippen molar-refractivity contribution >= 4 is 16.9 Å². The lowest BCUT2D eigenvalue weighted by molar-refractivity contribution is 0.0698. The van der Waals surface area contributed by atoms with Gasteiger partial charge in [-0.3, -0.25) is 0 Å². The van der Waals surface area contributed by atoms with E-state index >= 15 is 0 Å². The molecule has 0 aliphatic carbocycles. The summed E-state index contributed by atoms with van der Waals surface area (Å²) in [5.41, 5.74) is 1.49. The Morgan fingerprint density at radius 2 is 1.81 bits per heavy atom. The quantitative estimate of drug-likeness (QED) is 0.921. The second-order valence-corrected chi connectivity index (χ2v) is 6.45. The zero-order valence-electron chi connectivity index (χ0n) is 12.2. The summed E-state index contributed by atoms with van der Waals surface area (Å²) >= 11 is 0. The summed E-state index contributed by atoms with van der Waals surface area (Å²) in [6, 6.07) is 9.61. The monoisotopic (exact) mass is 284 g/mol. The highest BCUT2D eigenvalue weighted by Crippen LogP contribution is 2.41. The standard InChI is InChI=1S/C17H20N2O2/c1-18-11-6-7-12(18)9-13(8-11)19-10-15(17(20)21)14-4-2-3-5-16(14)19/h2-5,10-13H,6-9H2,1H3,(H,20,21)/t11-,12+,13?. The number of benzene rings is 1. The first-order valence-electron chi connectivity index (χ1n) is 7.70. The normalized spacial score (nSPS) is 29.1. The van der Waals surface area contributed by atoms with Crippen LogP contribution in [0.4, 0.5) is 0 Å². The van der Waals surface area contributed by atoms with Crippen LogP contribution in [0.25, 0.3) is 10.9 Å². The molecule has 1 aromatic heterocycles. The Bertz CT molecular complexity index is 692. The lowest BCUT2D eigenvalue weighted by Gasteiger charge is -2.37. The van der Waals surface area contributed by atoms with Gasteiger partial charge in [0.05, 0.1) is 5.56 Å².